The van der Waals surface area contributed by atoms with Gasteiger partial charge in [-0.1, -0.05) is 13.8 Å². The van der Waals surface area contributed by atoms with E-state index in [-0.39, 0.29) is 18.4 Å². The molecule has 3 unspecified atom stereocenters. The number of amides is 1. The Morgan fingerprint density at radius 1 is 1.53 bits per heavy atom. The number of carbonyl (C=O) groups is 2. The molecule has 0 saturated carbocycles. The first-order valence-corrected chi connectivity index (χ1v) is 6.24. The van der Waals surface area contributed by atoms with Crippen LogP contribution >= 0.6 is 0 Å². The number of carbonyl (C=O) groups excluding carboxylic acids is 1. The summed E-state index contributed by atoms with van der Waals surface area (Å²) in [6.45, 7) is 4.75. The van der Waals surface area contributed by atoms with Gasteiger partial charge >= 0.3 is 5.97 Å². The lowest BCUT2D eigenvalue weighted by atomic mass is 9.91. The summed E-state index contributed by atoms with van der Waals surface area (Å²) in [6.07, 6.45) is 2.08. The molecule has 0 aliphatic carbocycles. The van der Waals surface area contributed by atoms with Crippen molar-refractivity contribution >= 4 is 11.9 Å². The molecule has 1 rings (SSSR count). The lowest BCUT2D eigenvalue weighted by molar-refractivity contribution is -0.154. The van der Waals surface area contributed by atoms with Gasteiger partial charge in [-0.2, -0.15) is 0 Å². The maximum absolute atomic E-state index is 12.2. The first-order chi connectivity index (χ1) is 8.01. The molecule has 3 N–H and O–H groups in total. The molecular formula is C12H22N2O3. The predicted molar refractivity (Wildman–Crippen MR) is 64.4 cm³/mol. The second kappa shape index (κ2) is 6.00. The van der Waals surface area contributed by atoms with E-state index in [0.29, 0.717) is 25.3 Å². The molecule has 0 spiro atoms. The maximum atomic E-state index is 12.2. The molecule has 1 amide bonds. The zero-order valence-electron chi connectivity index (χ0n) is 10.6. The zero-order chi connectivity index (χ0) is 13.0. The Hall–Kier alpha value is -1.10. The Morgan fingerprint density at radius 2 is 2.18 bits per heavy atom. The number of hydrogen-bond donors (Lipinski definition) is 2. The van der Waals surface area contributed by atoms with Crippen LogP contribution in [0.15, 0.2) is 0 Å². The topological polar surface area (TPSA) is 83.6 Å². The van der Waals surface area contributed by atoms with Gasteiger partial charge in [0.25, 0.3) is 0 Å². The van der Waals surface area contributed by atoms with Gasteiger partial charge in [0.15, 0.2) is 0 Å². The van der Waals surface area contributed by atoms with Gasteiger partial charge in [0.2, 0.25) is 5.91 Å². The van der Waals surface area contributed by atoms with Crippen molar-refractivity contribution in [3.63, 3.8) is 0 Å². The SMILES string of the molecule is CCC(CN)C(=O)N1CCC(C)CC1C(=O)O. The van der Waals surface area contributed by atoms with Crippen LogP contribution in [0.2, 0.25) is 0 Å². The van der Waals surface area contributed by atoms with E-state index >= 15 is 0 Å². The Labute approximate surface area is 102 Å². The Bertz CT molecular complexity index is 289. The quantitative estimate of drug-likeness (QED) is 0.759. The summed E-state index contributed by atoms with van der Waals surface area (Å²) in [6, 6.07) is -0.674. The van der Waals surface area contributed by atoms with Crippen molar-refractivity contribution in [3.05, 3.63) is 0 Å². The summed E-state index contributed by atoms with van der Waals surface area (Å²) in [4.78, 5) is 24.9. The molecule has 17 heavy (non-hydrogen) atoms. The highest BCUT2D eigenvalue weighted by Gasteiger charge is 2.36. The molecule has 3 atom stereocenters. The Balaban J connectivity index is 2.79. The van der Waals surface area contributed by atoms with Crippen LogP contribution in [0.4, 0.5) is 0 Å². The number of piperidine rings is 1. The van der Waals surface area contributed by atoms with Crippen LogP contribution in [0.25, 0.3) is 0 Å². The van der Waals surface area contributed by atoms with E-state index in [2.05, 4.69) is 0 Å². The molecule has 0 aromatic rings. The number of carboxylic acids is 1. The second-order valence-electron chi connectivity index (χ2n) is 4.86. The summed E-state index contributed by atoms with van der Waals surface area (Å²) in [5.41, 5.74) is 5.54. The number of rotatable bonds is 4. The molecule has 1 heterocycles. The molecule has 5 heteroatoms. The Kier molecular flexibility index (Phi) is 4.93. The fourth-order valence-electron chi connectivity index (χ4n) is 2.32. The molecule has 98 valence electrons. The standard InChI is InChI=1S/C12H22N2O3/c1-3-9(7-13)11(15)14-5-4-8(2)6-10(14)12(16)17/h8-10H,3-7,13H2,1-2H3,(H,16,17). The van der Waals surface area contributed by atoms with Crippen molar-refractivity contribution in [2.75, 3.05) is 13.1 Å². The first-order valence-electron chi connectivity index (χ1n) is 6.24. The van der Waals surface area contributed by atoms with E-state index in [4.69, 9.17) is 5.73 Å². The van der Waals surface area contributed by atoms with Crippen molar-refractivity contribution < 1.29 is 14.7 Å². The van der Waals surface area contributed by atoms with Gasteiger partial charge in [-0.3, -0.25) is 4.79 Å². The smallest absolute Gasteiger partial charge is 0.326 e. The van der Waals surface area contributed by atoms with Crippen LogP contribution in [0.1, 0.15) is 33.1 Å². The predicted octanol–water partition coefficient (Wildman–Crippen LogP) is 0.683. The van der Waals surface area contributed by atoms with Crippen LogP contribution in [0.3, 0.4) is 0 Å². The molecule has 0 radical (unpaired) electrons. The van der Waals surface area contributed by atoms with Gasteiger partial charge < -0.3 is 15.7 Å². The van der Waals surface area contributed by atoms with Crippen LogP contribution in [0.5, 0.6) is 0 Å². The van der Waals surface area contributed by atoms with E-state index in [1.165, 1.54) is 4.90 Å². The summed E-state index contributed by atoms with van der Waals surface area (Å²) in [7, 11) is 0. The van der Waals surface area contributed by atoms with E-state index < -0.39 is 12.0 Å². The highest BCUT2D eigenvalue weighted by molar-refractivity contribution is 5.85. The summed E-state index contributed by atoms with van der Waals surface area (Å²) >= 11 is 0. The van der Waals surface area contributed by atoms with Crippen molar-refractivity contribution in [1.82, 2.24) is 4.90 Å². The molecule has 0 aromatic heterocycles. The maximum Gasteiger partial charge on any atom is 0.326 e. The molecule has 0 aromatic carbocycles. The van der Waals surface area contributed by atoms with Gasteiger partial charge in [0.05, 0.1) is 5.92 Å². The zero-order valence-corrected chi connectivity index (χ0v) is 10.6. The third kappa shape index (κ3) is 3.19. The normalized spacial score (nSPS) is 26.6. The lowest BCUT2D eigenvalue weighted by Gasteiger charge is -2.37. The van der Waals surface area contributed by atoms with Gasteiger partial charge in [-0.05, 0) is 25.2 Å². The second-order valence-corrected chi connectivity index (χ2v) is 4.86. The van der Waals surface area contributed by atoms with Gasteiger partial charge in [0, 0.05) is 13.1 Å². The van der Waals surface area contributed by atoms with Crippen molar-refractivity contribution in [3.8, 4) is 0 Å². The fraction of sp³-hybridized carbons (Fsp3) is 0.833. The first kappa shape index (κ1) is 14.0. The summed E-state index contributed by atoms with van der Waals surface area (Å²) in [5.74, 6) is -0.894. The van der Waals surface area contributed by atoms with E-state index in [1.807, 2.05) is 13.8 Å². The Morgan fingerprint density at radius 3 is 2.65 bits per heavy atom. The van der Waals surface area contributed by atoms with E-state index in [0.717, 1.165) is 6.42 Å². The molecule has 1 fully saturated rings. The molecule has 1 aliphatic heterocycles. The van der Waals surface area contributed by atoms with Crippen LogP contribution in [0, 0.1) is 11.8 Å². The van der Waals surface area contributed by atoms with Gasteiger partial charge in [0.1, 0.15) is 6.04 Å². The van der Waals surface area contributed by atoms with Crippen LogP contribution in [-0.4, -0.2) is 41.0 Å². The lowest BCUT2D eigenvalue weighted by Crippen LogP contribution is -2.52. The minimum absolute atomic E-state index is 0.102. The van der Waals surface area contributed by atoms with Gasteiger partial charge in [-0.15, -0.1) is 0 Å². The van der Waals surface area contributed by atoms with Gasteiger partial charge in [-0.25, -0.2) is 4.79 Å². The minimum Gasteiger partial charge on any atom is -0.480 e. The molecule has 5 nitrogen and oxygen atoms in total. The van der Waals surface area contributed by atoms with E-state index in [9.17, 15) is 14.7 Å². The molecular weight excluding hydrogens is 220 g/mol. The number of aliphatic carboxylic acids is 1. The average Bonchev–Trinajstić information content (AvgIpc) is 2.30. The number of nitrogens with two attached hydrogens (primary N) is 1. The molecule has 1 saturated heterocycles. The van der Waals surface area contributed by atoms with Crippen molar-refractivity contribution in [1.29, 1.82) is 0 Å². The van der Waals surface area contributed by atoms with Crippen LogP contribution < -0.4 is 5.73 Å². The highest BCUT2D eigenvalue weighted by Crippen LogP contribution is 2.24. The summed E-state index contributed by atoms with van der Waals surface area (Å²) < 4.78 is 0. The molecule has 0 bridgehead atoms. The average molecular weight is 242 g/mol. The number of carboxylic acid groups (broad SMARTS) is 1. The van der Waals surface area contributed by atoms with E-state index in [1.54, 1.807) is 0 Å². The van der Waals surface area contributed by atoms with Crippen molar-refractivity contribution in [2.24, 2.45) is 17.6 Å². The number of hydrogen-bond acceptors (Lipinski definition) is 3. The highest BCUT2D eigenvalue weighted by atomic mass is 16.4. The molecule has 1 aliphatic rings. The largest absolute Gasteiger partial charge is 0.480 e. The summed E-state index contributed by atoms with van der Waals surface area (Å²) in [5, 5.41) is 9.18. The third-order valence-corrected chi connectivity index (χ3v) is 3.56. The minimum atomic E-state index is -0.906. The monoisotopic (exact) mass is 242 g/mol. The third-order valence-electron chi connectivity index (χ3n) is 3.56. The number of nitrogens with zero attached hydrogens (tertiary/aromatic N) is 1. The number of likely N-dealkylation sites (tertiary alicyclic amines) is 1. The van der Waals surface area contributed by atoms with Crippen LogP contribution in [-0.2, 0) is 9.59 Å². The van der Waals surface area contributed by atoms with Crippen molar-refractivity contribution in [2.45, 2.75) is 39.2 Å². The fourth-order valence-corrected chi connectivity index (χ4v) is 2.32.